The van der Waals surface area contributed by atoms with E-state index in [1.807, 2.05) is 0 Å². The zero-order valence-electron chi connectivity index (χ0n) is 12.8. The summed E-state index contributed by atoms with van der Waals surface area (Å²) >= 11 is 7.42. The van der Waals surface area contributed by atoms with Crippen molar-refractivity contribution < 1.29 is 14.3 Å². The van der Waals surface area contributed by atoms with Crippen LogP contribution in [-0.2, 0) is 9.53 Å². The van der Waals surface area contributed by atoms with Gasteiger partial charge in [-0.1, -0.05) is 17.7 Å². The molecule has 7 heteroatoms. The van der Waals surface area contributed by atoms with Crippen LogP contribution in [0.5, 0.6) is 0 Å². The van der Waals surface area contributed by atoms with E-state index in [-0.39, 0.29) is 5.91 Å². The van der Waals surface area contributed by atoms with Gasteiger partial charge in [0, 0.05) is 16.5 Å². The number of nitrogens with zero attached hydrogens (tertiary/aromatic N) is 1. The Hall–Kier alpha value is -1.40. The molecule has 5 nitrogen and oxygen atoms in total. The fourth-order valence-electron chi connectivity index (χ4n) is 1.95. The summed E-state index contributed by atoms with van der Waals surface area (Å²) in [6.45, 7) is 5.40. The molecule has 1 aliphatic heterocycles. The molecule has 1 aliphatic rings. The van der Waals surface area contributed by atoms with Crippen LogP contribution in [0.4, 0.5) is 10.5 Å². The maximum absolute atomic E-state index is 12.4. The number of carbonyl (C=O) groups is 2. The first-order chi connectivity index (χ1) is 10.3. The quantitative estimate of drug-likeness (QED) is 0.892. The second-order valence-corrected chi connectivity index (χ2v) is 7.40. The summed E-state index contributed by atoms with van der Waals surface area (Å²) in [5.74, 6) is 0.756. The number of hydrogen-bond acceptors (Lipinski definition) is 4. The third-order valence-electron chi connectivity index (χ3n) is 2.91. The number of rotatable bonds is 2. The summed E-state index contributed by atoms with van der Waals surface area (Å²) in [6.07, 6.45) is -0.469. The minimum atomic E-state index is -0.585. The normalized spacial score (nSPS) is 18.2. The Morgan fingerprint density at radius 1 is 1.41 bits per heavy atom. The number of thioether (sulfide) groups is 1. The lowest BCUT2D eigenvalue weighted by Gasteiger charge is -2.27. The van der Waals surface area contributed by atoms with Crippen LogP contribution in [0, 0.1) is 0 Å². The summed E-state index contributed by atoms with van der Waals surface area (Å²) in [4.78, 5) is 26.0. The lowest BCUT2D eigenvalue weighted by molar-refractivity contribution is -0.120. The summed E-state index contributed by atoms with van der Waals surface area (Å²) in [5.41, 5.74) is 0.0248. The largest absolute Gasteiger partial charge is 0.444 e. The van der Waals surface area contributed by atoms with E-state index in [1.165, 1.54) is 16.7 Å². The molecule has 120 valence electrons. The molecular formula is C15H19ClN2O3S. The van der Waals surface area contributed by atoms with Crippen molar-refractivity contribution in [2.75, 3.05) is 16.9 Å². The Morgan fingerprint density at radius 3 is 2.77 bits per heavy atom. The van der Waals surface area contributed by atoms with Crippen LogP contribution < -0.4 is 5.32 Å². The highest BCUT2D eigenvalue weighted by molar-refractivity contribution is 7.99. The molecule has 1 aromatic carbocycles. The summed E-state index contributed by atoms with van der Waals surface area (Å²) in [6, 6.07) is 6.37. The summed E-state index contributed by atoms with van der Waals surface area (Å²) in [5, 5.41) is 3.33. The summed E-state index contributed by atoms with van der Waals surface area (Å²) < 4.78 is 5.34. The van der Waals surface area contributed by atoms with Crippen molar-refractivity contribution in [3.05, 3.63) is 29.3 Å². The minimum absolute atomic E-state index is 0.238. The topological polar surface area (TPSA) is 58.6 Å². The van der Waals surface area contributed by atoms with E-state index < -0.39 is 17.7 Å². The number of anilines is 1. The van der Waals surface area contributed by atoms with E-state index in [1.54, 1.807) is 45.0 Å². The van der Waals surface area contributed by atoms with E-state index >= 15 is 0 Å². The fraction of sp³-hybridized carbons (Fsp3) is 0.467. The highest BCUT2D eigenvalue weighted by atomic mass is 35.5. The molecule has 2 amide bonds. The van der Waals surface area contributed by atoms with Crippen LogP contribution in [-0.4, -0.2) is 40.2 Å². The standard InChI is InChI=1S/C15H19ClN2O3S/c1-15(2,3)21-14(20)18-9-22-8-12(18)13(19)17-11-6-4-5-10(16)7-11/h4-7,12H,8-9H2,1-3H3,(H,17,19)/t12-/m1/s1. The molecule has 1 N–H and O–H groups in total. The van der Waals surface area contributed by atoms with Crippen molar-refractivity contribution in [1.29, 1.82) is 0 Å². The second kappa shape index (κ2) is 6.79. The average Bonchev–Trinajstić information content (AvgIpc) is 2.85. The lowest BCUT2D eigenvalue weighted by Crippen LogP contribution is -2.46. The number of benzene rings is 1. The Bertz CT molecular complexity index is 574. The van der Waals surface area contributed by atoms with Gasteiger partial charge in [-0.05, 0) is 39.0 Å². The van der Waals surface area contributed by atoms with E-state index in [4.69, 9.17) is 16.3 Å². The SMILES string of the molecule is CC(C)(C)OC(=O)N1CSC[C@@H]1C(=O)Nc1cccc(Cl)c1. The first-order valence-corrected chi connectivity index (χ1v) is 8.43. The van der Waals surface area contributed by atoms with Crippen LogP contribution in [0.1, 0.15) is 20.8 Å². The molecule has 0 unspecified atom stereocenters. The first kappa shape index (κ1) is 17.0. The number of nitrogens with one attached hydrogen (secondary N) is 1. The molecule has 0 bridgehead atoms. The zero-order chi connectivity index (χ0) is 16.3. The molecular weight excluding hydrogens is 324 g/mol. The minimum Gasteiger partial charge on any atom is -0.444 e. The van der Waals surface area contributed by atoms with Gasteiger partial charge in [0.25, 0.3) is 0 Å². The number of halogens is 1. The van der Waals surface area contributed by atoms with E-state index in [0.29, 0.717) is 22.3 Å². The van der Waals surface area contributed by atoms with Gasteiger partial charge in [0.05, 0.1) is 5.88 Å². The van der Waals surface area contributed by atoms with Crippen LogP contribution in [0.3, 0.4) is 0 Å². The van der Waals surface area contributed by atoms with Gasteiger partial charge in [-0.3, -0.25) is 9.69 Å². The van der Waals surface area contributed by atoms with E-state index in [2.05, 4.69) is 5.32 Å². The third-order valence-corrected chi connectivity index (χ3v) is 4.15. The Kier molecular flexibility index (Phi) is 5.24. The van der Waals surface area contributed by atoms with Crippen LogP contribution >= 0.6 is 23.4 Å². The van der Waals surface area contributed by atoms with Crippen LogP contribution in [0.2, 0.25) is 5.02 Å². The number of ether oxygens (including phenoxy) is 1. The summed E-state index contributed by atoms with van der Waals surface area (Å²) in [7, 11) is 0. The van der Waals surface area contributed by atoms with Gasteiger partial charge in [0.2, 0.25) is 5.91 Å². The molecule has 1 fully saturated rings. The molecule has 0 aromatic heterocycles. The maximum atomic E-state index is 12.4. The smallest absolute Gasteiger partial charge is 0.411 e. The van der Waals surface area contributed by atoms with Gasteiger partial charge in [0.15, 0.2) is 0 Å². The van der Waals surface area contributed by atoms with Crippen molar-refractivity contribution >= 4 is 41.1 Å². The molecule has 0 radical (unpaired) electrons. The van der Waals surface area contributed by atoms with Crippen molar-refractivity contribution in [1.82, 2.24) is 4.90 Å². The molecule has 2 rings (SSSR count). The first-order valence-electron chi connectivity index (χ1n) is 6.90. The van der Waals surface area contributed by atoms with Gasteiger partial charge in [-0.15, -0.1) is 11.8 Å². The highest BCUT2D eigenvalue weighted by Gasteiger charge is 2.37. The molecule has 0 saturated carbocycles. The number of carbonyl (C=O) groups excluding carboxylic acids is 2. The number of amides is 2. The number of hydrogen-bond donors (Lipinski definition) is 1. The molecule has 22 heavy (non-hydrogen) atoms. The van der Waals surface area contributed by atoms with Crippen molar-refractivity contribution in [2.24, 2.45) is 0 Å². The van der Waals surface area contributed by atoms with Crippen molar-refractivity contribution in [3.8, 4) is 0 Å². The van der Waals surface area contributed by atoms with Gasteiger partial charge in [-0.25, -0.2) is 4.79 Å². The molecule has 0 aliphatic carbocycles. The zero-order valence-corrected chi connectivity index (χ0v) is 14.3. The van der Waals surface area contributed by atoms with Gasteiger partial charge in [0.1, 0.15) is 11.6 Å². The molecule has 1 aromatic rings. The van der Waals surface area contributed by atoms with Gasteiger partial charge >= 0.3 is 6.09 Å². The Morgan fingerprint density at radius 2 is 2.14 bits per heavy atom. The lowest BCUT2D eigenvalue weighted by atomic mass is 10.2. The monoisotopic (exact) mass is 342 g/mol. The van der Waals surface area contributed by atoms with E-state index in [0.717, 1.165) is 0 Å². The average molecular weight is 343 g/mol. The third kappa shape index (κ3) is 4.55. The molecule has 1 atom stereocenters. The van der Waals surface area contributed by atoms with Crippen LogP contribution in [0.15, 0.2) is 24.3 Å². The molecule has 0 spiro atoms. The van der Waals surface area contributed by atoms with Gasteiger partial charge in [-0.2, -0.15) is 0 Å². The van der Waals surface area contributed by atoms with E-state index in [9.17, 15) is 9.59 Å². The van der Waals surface area contributed by atoms with Crippen LogP contribution in [0.25, 0.3) is 0 Å². The second-order valence-electron chi connectivity index (χ2n) is 5.97. The molecule has 1 heterocycles. The predicted molar refractivity (Wildman–Crippen MR) is 89.3 cm³/mol. The van der Waals surface area contributed by atoms with Crippen molar-refractivity contribution in [3.63, 3.8) is 0 Å². The fourth-order valence-corrected chi connectivity index (χ4v) is 3.28. The molecule has 1 saturated heterocycles. The van der Waals surface area contributed by atoms with Gasteiger partial charge < -0.3 is 10.1 Å². The van der Waals surface area contributed by atoms with Crippen molar-refractivity contribution in [2.45, 2.75) is 32.4 Å². The highest BCUT2D eigenvalue weighted by Crippen LogP contribution is 2.25. The Balaban J connectivity index is 2.03. The maximum Gasteiger partial charge on any atom is 0.411 e. The Labute approximate surface area is 139 Å². The predicted octanol–water partition coefficient (Wildman–Crippen LogP) is 3.59.